The maximum absolute atomic E-state index is 13.9. The molecule has 2 aromatic rings. The van der Waals surface area contributed by atoms with Crippen molar-refractivity contribution in [1.82, 2.24) is 4.90 Å². The zero-order valence-corrected chi connectivity index (χ0v) is 14.2. The van der Waals surface area contributed by atoms with Crippen molar-refractivity contribution in [3.63, 3.8) is 0 Å². The molecule has 0 spiro atoms. The number of halogens is 2. The molecule has 1 amide bonds. The van der Waals surface area contributed by atoms with Gasteiger partial charge < -0.3 is 0 Å². The second-order valence-corrected chi connectivity index (χ2v) is 6.97. The van der Waals surface area contributed by atoms with Crippen molar-refractivity contribution in [2.24, 2.45) is 0 Å². The van der Waals surface area contributed by atoms with Crippen molar-refractivity contribution in [3.8, 4) is 0 Å². The van der Waals surface area contributed by atoms with Gasteiger partial charge in [0.05, 0.1) is 16.5 Å². The van der Waals surface area contributed by atoms with Gasteiger partial charge >= 0.3 is 0 Å². The monoisotopic (exact) mass is 363 g/mol. The van der Waals surface area contributed by atoms with Crippen LogP contribution in [0.5, 0.6) is 0 Å². The predicted molar refractivity (Wildman–Crippen MR) is 96.6 cm³/mol. The Hall–Kier alpha value is -1.69. The number of thioether (sulfide) groups is 1. The van der Waals surface area contributed by atoms with Gasteiger partial charge in [-0.2, -0.15) is 0 Å². The van der Waals surface area contributed by atoms with E-state index in [1.807, 2.05) is 30.3 Å². The van der Waals surface area contributed by atoms with Crippen molar-refractivity contribution in [3.05, 3.63) is 75.4 Å². The van der Waals surface area contributed by atoms with E-state index in [4.69, 9.17) is 23.8 Å². The van der Waals surface area contributed by atoms with Crippen LogP contribution >= 0.6 is 35.6 Å². The maximum Gasteiger partial charge on any atom is 0.266 e. The third-order valence-corrected chi connectivity index (χ3v) is 5.04. The Morgan fingerprint density at radius 1 is 1.17 bits per heavy atom. The second kappa shape index (κ2) is 6.83. The first kappa shape index (κ1) is 16.2. The van der Waals surface area contributed by atoms with E-state index in [2.05, 4.69) is 0 Å². The lowest BCUT2D eigenvalue weighted by atomic mass is 10.2. The number of nitrogens with zero attached hydrogens (tertiary/aromatic N) is 1. The summed E-state index contributed by atoms with van der Waals surface area (Å²) in [4.78, 5) is 14.4. The molecule has 1 aliphatic heterocycles. The quantitative estimate of drug-likeness (QED) is 0.572. The fraction of sp³-hybridized carbons (Fsp3) is 0.0588. The largest absolute Gasteiger partial charge is 0.288 e. The highest BCUT2D eigenvalue weighted by Crippen LogP contribution is 2.35. The number of rotatable bonds is 3. The van der Waals surface area contributed by atoms with E-state index < -0.39 is 5.82 Å². The first-order chi connectivity index (χ1) is 11.1. The normalized spacial score (nSPS) is 16.4. The summed E-state index contributed by atoms with van der Waals surface area (Å²) in [7, 11) is 0. The van der Waals surface area contributed by atoms with Crippen LogP contribution in [0.1, 0.15) is 11.1 Å². The van der Waals surface area contributed by atoms with Crippen LogP contribution in [0.25, 0.3) is 6.08 Å². The van der Waals surface area contributed by atoms with Crippen molar-refractivity contribution >= 4 is 51.9 Å². The molecule has 23 heavy (non-hydrogen) atoms. The SMILES string of the molecule is O=C1/C(=C\c2c(F)cccc2Cl)SC(=S)N1Cc1ccccc1. The topological polar surface area (TPSA) is 20.3 Å². The number of thiocarbonyl (C=S) groups is 1. The summed E-state index contributed by atoms with van der Waals surface area (Å²) in [6.45, 7) is 0.397. The molecular weight excluding hydrogens is 353 g/mol. The maximum atomic E-state index is 13.9. The van der Waals surface area contributed by atoms with Gasteiger partial charge in [0.2, 0.25) is 0 Å². The molecule has 6 heteroatoms. The Labute approximate surface area is 147 Å². The van der Waals surface area contributed by atoms with Crippen LogP contribution in [0.15, 0.2) is 53.4 Å². The van der Waals surface area contributed by atoms with Gasteiger partial charge in [-0.05, 0) is 23.8 Å². The molecule has 0 saturated carbocycles. The minimum Gasteiger partial charge on any atom is -0.288 e. The third kappa shape index (κ3) is 3.47. The third-order valence-electron chi connectivity index (χ3n) is 3.33. The lowest BCUT2D eigenvalue weighted by Gasteiger charge is -2.14. The summed E-state index contributed by atoms with van der Waals surface area (Å²) in [5.41, 5.74) is 1.18. The smallest absolute Gasteiger partial charge is 0.266 e. The van der Waals surface area contributed by atoms with Crippen LogP contribution in [0.3, 0.4) is 0 Å². The number of amides is 1. The van der Waals surface area contributed by atoms with Gasteiger partial charge in [0.1, 0.15) is 10.1 Å². The minimum atomic E-state index is -0.467. The standard InChI is InChI=1S/C17H11ClFNOS2/c18-13-7-4-8-14(19)12(13)9-15-16(21)20(17(22)23-15)10-11-5-2-1-3-6-11/h1-9H,10H2/b15-9+. The number of carbonyl (C=O) groups is 1. The lowest BCUT2D eigenvalue weighted by molar-refractivity contribution is -0.122. The average molecular weight is 364 g/mol. The van der Waals surface area contributed by atoms with E-state index in [0.717, 1.165) is 17.3 Å². The molecule has 2 nitrogen and oxygen atoms in total. The lowest BCUT2D eigenvalue weighted by Crippen LogP contribution is -2.27. The predicted octanol–water partition coefficient (Wildman–Crippen LogP) is 4.88. The number of hydrogen-bond donors (Lipinski definition) is 0. The average Bonchev–Trinajstić information content (AvgIpc) is 2.80. The molecule has 1 aliphatic rings. The molecule has 0 radical (unpaired) electrons. The second-order valence-electron chi connectivity index (χ2n) is 4.89. The molecule has 1 heterocycles. The summed E-state index contributed by atoms with van der Waals surface area (Å²) < 4.78 is 14.3. The molecule has 0 bridgehead atoms. The molecule has 2 aromatic carbocycles. The molecule has 0 atom stereocenters. The van der Waals surface area contributed by atoms with Gasteiger partial charge in [-0.1, -0.05) is 72.0 Å². The van der Waals surface area contributed by atoms with Gasteiger partial charge in [0.25, 0.3) is 5.91 Å². The summed E-state index contributed by atoms with van der Waals surface area (Å²) in [5.74, 6) is -0.700. The van der Waals surface area contributed by atoms with Gasteiger partial charge in [0.15, 0.2) is 0 Å². The van der Waals surface area contributed by atoms with Crippen LogP contribution in [0.2, 0.25) is 5.02 Å². The molecular formula is C17H11ClFNOS2. The molecule has 0 unspecified atom stereocenters. The van der Waals surface area contributed by atoms with Crippen LogP contribution < -0.4 is 0 Å². The van der Waals surface area contributed by atoms with Crippen LogP contribution in [0.4, 0.5) is 4.39 Å². The summed E-state index contributed by atoms with van der Waals surface area (Å²) in [6, 6.07) is 14.0. The van der Waals surface area contributed by atoms with E-state index in [0.29, 0.717) is 15.8 Å². The Balaban J connectivity index is 1.88. The number of hydrogen-bond acceptors (Lipinski definition) is 3. The van der Waals surface area contributed by atoms with Crippen molar-refractivity contribution in [2.75, 3.05) is 0 Å². The van der Waals surface area contributed by atoms with Gasteiger partial charge in [-0.25, -0.2) is 4.39 Å². The highest BCUT2D eigenvalue weighted by Gasteiger charge is 2.32. The minimum absolute atomic E-state index is 0.203. The van der Waals surface area contributed by atoms with E-state index in [1.54, 1.807) is 6.07 Å². The van der Waals surface area contributed by atoms with Crippen LogP contribution in [-0.4, -0.2) is 15.1 Å². The first-order valence-electron chi connectivity index (χ1n) is 6.79. The van der Waals surface area contributed by atoms with E-state index in [9.17, 15) is 9.18 Å². The molecule has 3 rings (SSSR count). The summed E-state index contributed by atoms with van der Waals surface area (Å²) in [5, 5.41) is 0.262. The van der Waals surface area contributed by atoms with Crippen LogP contribution in [-0.2, 0) is 11.3 Å². The molecule has 0 aromatic heterocycles. The van der Waals surface area contributed by atoms with Gasteiger partial charge in [0, 0.05) is 5.56 Å². The van der Waals surface area contributed by atoms with E-state index >= 15 is 0 Å². The molecule has 1 saturated heterocycles. The fourth-order valence-electron chi connectivity index (χ4n) is 2.18. The van der Waals surface area contributed by atoms with E-state index in [-0.39, 0.29) is 16.5 Å². The highest BCUT2D eigenvalue weighted by atomic mass is 35.5. The Morgan fingerprint density at radius 3 is 2.61 bits per heavy atom. The first-order valence-corrected chi connectivity index (χ1v) is 8.40. The molecule has 0 N–H and O–H groups in total. The van der Waals surface area contributed by atoms with Crippen molar-refractivity contribution < 1.29 is 9.18 Å². The Bertz CT molecular complexity index is 787. The molecule has 0 aliphatic carbocycles. The highest BCUT2D eigenvalue weighted by molar-refractivity contribution is 8.26. The molecule has 1 fully saturated rings. The summed E-state index contributed by atoms with van der Waals surface area (Å²) in [6.07, 6.45) is 1.46. The van der Waals surface area contributed by atoms with E-state index in [1.165, 1.54) is 23.1 Å². The van der Waals surface area contributed by atoms with Gasteiger partial charge in [-0.3, -0.25) is 9.69 Å². The zero-order chi connectivity index (χ0) is 16.4. The fourth-order valence-corrected chi connectivity index (χ4v) is 3.64. The molecule has 116 valence electrons. The Morgan fingerprint density at radius 2 is 1.91 bits per heavy atom. The number of benzene rings is 2. The van der Waals surface area contributed by atoms with Gasteiger partial charge in [-0.15, -0.1) is 0 Å². The zero-order valence-electron chi connectivity index (χ0n) is 11.8. The summed E-state index contributed by atoms with van der Waals surface area (Å²) >= 11 is 12.4. The van der Waals surface area contributed by atoms with Crippen molar-refractivity contribution in [2.45, 2.75) is 6.54 Å². The number of carbonyl (C=O) groups excluding carboxylic acids is 1. The Kier molecular flexibility index (Phi) is 4.80. The van der Waals surface area contributed by atoms with Crippen LogP contribution in [0, 0.1) is 5.82 Å². The van der Waals surface area contributed by atoms with Crippen molar-refractivity contribution in [1.29, 1.82) is 0 Å².